The Bertz CT molecular complexity index is 702. The van der Waals surface area contributed by atoms with E-state index in [0.717, 1.165) is 4.47 Å². The summed E-state index contributed by atoms with van der Waals surface area (Å²) in [5.74, 6) is 0.743. The molecule has 0 aromatic heterocycles. The van der Waals surface area contributed by atoms with Crippen LogP contribution in [0.4, 0.5) is 0 Å². The lowest BCUT2D eigenvalue weighted by atomic mass is 10.0. The lowest BCUT2D eigenvalue weighted by Gasteiger charge is -2.12. The summed E-state index contributed by atoms with van der Waals surface area (Å²) in [5, 5.41) is 0.312. The largest absolute Gasteiger partial charge is 0.493 e. The zero-order valence-corrected chi connectivity index (χ0v) is 15.2. The van der Waals surface area contributed by atoms with Gasteiger partial charge in [0.1, 0.15) is 0 Å². The van der Waals surface area contributed by atoms with Gasteiger partial charge in [0, 0.05) is 26.1 Å². The van der Waals surface area contributed by atoms with Gasteiger partial charge in [0.2, 0.25) is 0 Å². The highest BCUT2D eigenvalue weighted by Gasteiger charge is 2.19. The molecule has 2 aromatic rings. The number of carbonyl (C=O) groups excluding carboxylic acids is 1. The van der Waals surface area contributed by atoms with E-state index < -0.39 is 0 Å². The molecule has 0 spiro atoms. The molecular weight excluding hydrogens is 423 g/mol. The second-order valence-corrected chi connectivity index (χ2v) is 6.32. The third kappa shape index (κ3) is 3.42. The number of rotatable bonds is 4. The Morgan fingerprint density at radius 1 is 1.00 bits per heavy atom. The predicted octanol–water partition coefficient (Wildman–Crippen LogP) is 5.11. The van der Waals surface area contributed by atoms with Gasteiger partial charge in [0.05, 0.1) is 19.2 Å². The number of hydrogen-bond acceptors (Lipinski definition) is 3. The van der Waals surface area contributed by atoms with Gasteiger partial charge < -0.3 is 9.47 Å². The Morgan fingerprint density at radius 3 is 2.19 bits per heavy atom. The Kier molecular flexibility index (Phi) is 5.30. The van der Waals surface area contributed by atoms with E-state index >= 15 is 0 Å². The fourth-order valence-electron chi connectivity index (χ4n) is 1.85. The molecule has 2 rings (SSSR count). The third-order valence-electron chi connectivity index (χ3n) is 2.89. The van der Waals surface area contributed by atoms with Crippen molar-refractivity contribution in [2.24, 2.45) is 0 Å². The Labute approximate surface area is 144 Å². The standard InChI is InChI=1S/C15H11Br2ClO3/c1-20-13-6-10(12(18)7-14(13)21-2)15(19)9-4-3-8(16)5-11(9)17/h3-7H,1-2H3. The topological polar surface area (TPSA) is 35.5 Å². The highest BCUT2D eigenvalue weighted by atomic mass is 79.9. The summed E-state index contributed by atoms with van der Waals surface area (Å²) in [6.07, 6.45) is 0. The fraction of sp³-hybridized carbons (Fsp3) is 0.133. The summed E-state index contributed by atoms with van der Waals surface area (Å²) in [4.78, 5) is 12.6. The Balaban J connectivity index is 2.53. The van der Waals surface area contributed by atoms with Gasteiger partial charge in [0.25, 0.3) is 0 Å². The number of hydrogen-bond donors (Lipinski definition) is 0. The zero-order chi connectivity index (χ0) is 15.6. The quantitative estimate of drug-likeness (QED) is 0.627. The van der Waals surface area contributed by atoms with E-state index in [4.69, 9.17) is 21.1 Å². The van der Waals surface area contributed by atoms with Crippen molar-refractivity contribution in [3.63, 3.8) is 0 Å². The average Bonchev–Trinajstić information content (AvgIpc) is 2.46. The van der Waals surface area contributed by atoms with E-state index in [2.05, 4.69) is 31.9 Å². The summed E-state index contributed by atoms with van der Waals surface area (Å²) in [5.41, 5.74) is 0.879. The smallest absolute Gasteiger partial charge is 0.195 e. The van der Waals surface area contributed by atoms with Gasteiger partial charge >= 0.3 is 0 Å². The van der Waals surface area contributed by atoms with Crippen molar-refractivity contribution in [1.82, 2.24) is 0 Å². The number of carbonyl (C=O) groups is 1. The normalized spacial score (nSPS) is 10.3. The first-order valence-corrected chi connectivity index (χ1v) is 7.85. The van der Waals surface area contributed by atoms with Crippen molar-refractivity contribution in [3.05, 3.63) is 55.4 Å². The average molecular weight is 435 g/mol. The number of ether oxygens (including phenoxy) is 2. The molecule has 0 fully saturated rings. The molecule has 0 unspecified atom stereocenters. The van der Waals surface area contributed by atoms with Crippen molar-refractivity contribution in [2.75, 3.05) is 14.2 Å². The van der Waals surface area contributed by atoms with Crippen LogP contribution in [0.1, 0.15) is 15.9 Å². The number of methoxy groups -OCH3 is 2. The molecule has 0 aliphatic carbocycles. The maximum atomic E-state index is 12.6. The number of benzene rings is 2. The van der Waals surface area contributed by atoms with Crippen molar-refractivity contribution < 1.29 is 14.3 Å². The highest BCUT2D eigenvalue weighted by molar-refractivity contribution is 9.11. The molecule has 110 valence electrons. The minimum atomic E-state index is -0.194. The molecule has 0 saturated carbocycles. The van der Waals surface area contributed by atoms with E-state index in [-0.39, 0.29) is 5.78 Å². The van der Waals surface area contributed by atoms with Gasteiger partial charge in [-0.05, 0) is 40.2 Å². The van der Waals surface area contributed by atoms with E-state index in [1.807, 2.05) is 6.07 Å². The molecule has 3 nitrogen and oxygen atoms in total. The fourth-order valence-corrected chi connectivity index (χ4v) is 3.31. The summed E-state index contributed by atoms with van der Waals surface area (Å²) in [6, 6.07) is 8.48. The molecule has 0 heterocycles. The van der Waals surface area contributed by atoms with Crippen LogP contribution in [0.5, 0.6) is 11.5 Å². The lowest BCUT2D eigenvalue weighted by molar-refractivity contribution is 0.103. The van der Waals surface area contributed by atoms with E-state index in [1.54, 1.807) is 24.3 Å². The maximum absolute atomic E-state index is 12.6. The van der Waals surface area contributed by atoms with Crippen molar-refractivity contribution >= 4 is 49.2 Å². The van der Waals surface area contributed by atoms with Gasteiger partial charge in [-0.15, -0.1) is 0 Å². The van der Waals surface area contributed by atoms with Gasteiger partial charge in [-0.3, -0.25) is 4.79 Å². The second-order valence-electron chi connectivity index (χ2n) is 4.14. The summed E-state index contributed by atoms with van der Waals surface area (Å²) in [7, 11) is 3.02. The molecular formula is C15H11Br2ClO3. The van der Waals surface area contributed by atoms with Crippen molar-refractivity contribution in [3.8, 4) is 11.5 Å². The van der Waals surface area contributed by atoms with Crippen molar-refractivity contribution in [2.45, 2.75) is 0 Å². The molecule has 0 amide bonds. The van der Waals surface area contributed by atoms with Crippen LogP contribution in [0.2, 0.25) is 5.02 Å². The van der Waals surface area contributed by atoms with E-state index in [1.165, 1.54) is 14.2 Å². The first kappa shape index (κ1) is 16.3. The van der Waals surface area contributed by atoms with Gasteiger partial charge in [-0.25, -0.2) is 0 Å². The molecule has 21 heavy (non-hydrogen) atoms. The van der Waals surface area contributed by atoms with Crippen LogP contribution in [0, 0.1) is 0 Å². The molecule has 0 bridgehead atoms. The van der Waals surface area contributed by atoms with E-state index in [9.17, 15) is 4.79 Å². The summed E-state index contributed by atoms with van der Waals surface area (Å²) < 4.78 is 11.9. The van der Waals surface area contributed by atoms with Gasteiger partial charge in [0.15, 0.2) is 17.3 Å². The summed E-state index contributed by atoms with van der Waals surface area (Å²) >= 11 is 12.9. The third-order valence-corrected chi connectivity index (χ3v) is 4.36. The number of ketones is 1. The highest BCUT2D eigenvalue weighted by Crippen LogP contribution is 2.35. The van der Waals surface area contributed by atoms with Crippen LogP contribution in [-0.4, -0.2) is 20.0 Å². The van der Waals surface area contributed by atoms with E-state index in [0.29, 0.717) is 32.1 Å². The molecule has 0 radical (unpaired) electrons. The molecule has 0 atom stereocenters. The van der Waals surface area contributed by atoms with Crippen LogP contribution in [0.15, 0.2) is 39.3 Å². The molecule has 2 aromatic carbocycles. The van der Waals surface area contributed by atoms with Crippen LogP contribution >= 0.6 is 43.5 Å². The van der Waals surface area contributed by atoms with Crippen LogP contribution in [-0.2, 0) is 0 Å². The van der Waals surface area contributed by atoms with Crippen LogP contribution in [0.3, 0.4) is 0 Å². The first-order chi connectivity index (χ1) is 9.97. The van der Waals surface area contributed by atoms with Crippen LogP contribution < -0.4 is 9.47 Å². The van der Waals surface area contributed by atoms with Crippen molar-refractivity contribution in [1.29, 1.82) is 0 Å². The first-order valence-electron chi connectivity index (χ1n) is 5.89. The molecule has 6 heteroatoms. The zero-order valence-electron chi connectivity index (χ0n) is 11.2. The minimum Gasteiger partial charge on any atom is -0.493 e. The monoisotopic (exact) mass is 432 g/mol. The maximum Gasteiger partial charge on any atom is 0.195 e. The lowest BCUT2D eigenvalue weighted by Crippen LogP contribution is -2.04. The van der Waals surface area contributed by atoms with Crippen LogP contribution in [0.25, 0.3) is 0 Å². The van der Waals surface area contributed by atoms with Gasteiger partial charge in [-0.1, -0.05) is 27.5 Å². The molecule has 0 saturated heterocycles. The molecule has 0 aliphatic heterocycles. The predicted molar refractivity (Wildman–Crippen MR) is 89.8 cm³/mol. The SMILES string of the molecule is COc1cc(Cl)c(C(=O)c2ccc(Br)cc2Br)cc1OC. The minimum absolute atomic E-state index is 0.194. The number of halogens is 3. The summed E-state index contributed by atoms with van der Waals surface area (Å²) in [6.45, 7) is 0. The second kappa shape index (κ2) is 6.81. The Morgan fingerprint density at radius 2 is 1.62 bits per heavy atom. The molecule has 0 N–H and O–H groups in total. The Hall–Kier alpha value is -1.04. The molecule has 0 aliphatic rings. The van der Waals surface area contributed by atoms with Gasteiger partial charge in [-0.2, -0.15) is 0 Å².